The lowest BCUT2D eigenvalue weighted by Gasteiger charge is -2.18. The minimum atomic E-state index is -0.179. The van der Waals surface area contributed by atoms with Crippen LogP contribution in [0.15, 0.2) is 78.9 Å². The topological polar surface area (TPSA) is 26.3 Å². The Morgan fingerprint density at radius 3 is 2.11 bits per heavy atom. The fourth-order valence-corrected chi connectivity index (χ4v) is 4.76. The standard InChI is InChI=1S/C18H24.C13H16O2.C2H6/c1-2-7-15(8-3-1)9-6-10-16-13-17-11-4-5-12-18(17)14-16;1-2-3-4-8-11-13(14)15-12-9-6-5-7-10-12;1-2/h4-6,9,11-12,15-16H,1-3,7-8,10,13-14H2;3-7,9-10H,2,8,11H2,1H3;1-2H3/b9-6+;4-3-;. The van der Waals surface area contributed by atoms with Crippen LogP contribution in [0.4, 0.5) is 0 Å². The molecule has 190 valence electrons. The van der Waals surface area contributed by atoms with E-state index in [0.29, 0.717) is 12.2 Å². The summed E-state index contributed by atoms with van der Waals surface area (Å²) >= 11 is 0. The third-order valence-electron chi connectivity index (χ3n) is 6.56. The number of hydrogen-bond donors (Lipinski definition) is 0. The molecule has 0 saturated heterocycles. The van der Waals surface area contributed by atoms with Crippen LogP contribution >= 0.6 is 0 Å². The maximum atomic E-state index is 11.3. The van der Waals surface area contributed by atoms with Crippen molar-refractivity contribution in [3.05, 3.63) is 90.0 Å². The van der Waals surface area contributed by atoms with Crippen LogP contribution in [0.25, 0.3) is 0 Å². The number of carbonyl (C=O) groups is 1. The summed E-state index contributed by atoms with van der Waals surface area (Å²) in [6, 6.07) is 18.1. The third-order valence-corrected chi connectivity index (χ3v) is 6.56. The summed E-state index contributed by atoms with van der Waals surface area (Å²) in [7, 11) is 0. The molecule has 0 heterocycles. The number of allylic oxidation sites excluding steroid dienone is 4. The molecule has 4 rings (SSSR count). The molecule has 0 N–H and O–H groups in total. The Hall–Kier alpha value is -2.61. The Kier molecular flexibility index (Phi) is 14.5. The molecule has 0 aromatic heterocycles. The number of benzene rings is 2. The molecule has 0 radical (unpaired) electrons. The second-order valence-corrected chi connectivity index (χ2v) is 9.31. The van der Waals surface area contributed by atoms with Crippen LogP contribution in [0.1, 0.15) is 89.7 Å². The lowest BCUT2D eigenvalue weighted by molar-refractivity contribution is -0.134. The molecule has 2 aliphatic carbocycles. The lowest BCUT2D eigenvalue weighted by Crippen LogP contribution is -2.06. The van der Waals surface area contributed by atoms with Crippen molar-refractivity contribution in [2.75, 3.05) is 0 Å². The molecule has 1 saturated carbocycles. The van der Waals surface area contributed by atoms with E-state index < -0.39 is 0 Å². The minimum Gasteiger partial charge on any atom is -0.427 e. The Balaban J connectivity index is 0.000000235. The van der Waals surface area contributed by atoms with Crippen LogP contribution in [-0.4, -0.2) is 5.97 Å². The van der Waals surface area contributed by atoms with Gasteiger partial charge in [0.1, 0.15) is 5.75 Å². The molecule has 2 aromatic rings. The fourth-order valence-electron chi connectivity index (χ4n) is 4.76. The molecule has 2 heteroatoms. The van der Waals surface area contributed by atoms with E-state index >= 15 is 0 Å². The number of fused-ring (bicyclic) bond motifs is 1. The number of rotatable bonds is 8. The number of esters is 1. The summed E-state index contributed by atoms with van der Waals surface area (Å²) in [5, 5.41) is 0. The molecule has 0 spiro atoms. The molecule has 0 bridgehead atoms. The largest absolute Gasteiger partial charge is 0.427 e. The monoisotopic (exact) mass is 474 g/mol. The second-order valence-electron chi connectivity index (χ2n) is 9.31. The zero-order valence-corrected chi connectivity index (χ0v) is 22.3. The molecule has 2 aliphatic rings. The van der Waals surface area contributed by atoms with Crippen molar-refractivity contribution in [2.24, 2.45) is 11.8 Å². The van der Waals surface area contributed by atoms with Crippen LogP contribution in [0, 0.1) is 11.8 Å². The summed E-state index contributed by atoms with van der Waals surface area (Å²) in [6.07, 6.45) is 22.3. The van der Waals surface area contributed by atoms with Crippen molar-refractivity contribution < 1.29 is 9.53 Å². The molecule has 0 unspecified atom stereocenters. The van der Waals surface area contributed by atoms with E-state index in [-0.39, 0.29) is 5.97 Å². The van der Waals surface area contributed by atoms with E-state index in [0.717, 1.165) is 24.7 Å². The third kappa shape index (κ3) is 11.6. The highest BCUT2D eigenvalue weighted by molar-refractivity contribution is 5.72. The molecule has 0 aliphatic heterocycles. The average Bonchev–Trinajstić information content (AvgIpc) is 3.32. The summed E-state index contributed by atoms with van der Waals surface area (Å²) in [5.74, 6) is 2.19. The number of para-hydroxylation sites is 1. The highest BCUT2D eigenvalue weighted by Gasteiger charge is 2.19. The van der Waals surface area contributed by atoms with Crippen LogP contribution in [-0.2, 0) is 17.6 Å². The average molecular weight is 475 g/mol. The Morgan fingerprint density at radius 2 is 1.49 bits per heavy atom. The molecular weight excluding hydrogens is 428 g/mol. The summed E-state index contributed by atoms with van der Waals surface area (Å²) < 4.78 is 5.12. The highest BCUT2D eigenvalue weighted by atomic mass is 16.5. The van der Waals surface area contributed by atoms with E-state index in [1.54, 1.807) is 23.3 Å². The minimum absolute atomic E-state index is 0.179. The molecule has 0 amide bonds. The van der Waals surface area contributed by atoms with Gasteiger partial charge in [0, 0.05) is 6.42 Å². The Labute approximate surface area is 214 Å². The van der Waals surface area contributed by atoms with E-state index in [4.69, 9.17) is 4.74 Å². The molecule has 2 aromatic carbocycles. The van der Waals surface area contributed by atoms with Gasteiger partial charge in [-0.3, -0.25) is 4.79 Å². The maximum Gasteiger partial charge on any atom is 0.311 e. The summed E-state index contributed by atoms with van der Waals surface area (Å²) in [5.41, 5.74) is 3.18. The van der Waals surface area contributed by atoms with E-state index in [2.05, 4.69) is 49.4 Å². The zero-order chi connectivity index (χ0) is 25.1. The van der Waals surface area contributed by atoms with Gasteiger partial charge >= 0.3 is 5.97 Å². The van der Waals surface area contributed by atoms with Crippen molar-refractivity contribution in [2.45, 2.75) is 91.4 Å². The fraction of sp³-hybridized carbons (Fsp3) is 0.485. The Bertz CT molecular complexity index is 850. The normalized spacial score (nSPS) is 15.7. The molecule has 35 heavy (non-hydrogen) atoms. The van der Waals surface area contributed by atoms with Crippen molar-refractivity contribution in [1.29, 1.82) is 0 Å². The first-order chi connectivity index (χ1) is 17.2. The van der Waals surface area contributed by atoms with Gasteiger partial charge in [-0.2, -0.15) is 0 Å². The van der Waals surface area contributed by atoms with Crippen LogP contribution in [0.2, 0.25) is 0 Å². The highest BCUT2D eigenvalue weighted by Crippen LogP contribution is 2.30. The van der Waals surface area contributed by atoms with Crippen LogP contribution < -0.4 is 4.74 Å². The first-order valence-electron chi connectivity index (χ1n) is 13.9. The van der Waals surface area contributed by atoms with Gasteiger partial charge in [-0.1, -0.05) is 107 Å². The lowest BCUT2D eigenvalue weighted by atomic mass is 9.88. The van der Waals surface area contributed by atoms with Gasteiger partial charge in [-0.25, -0.2) is 0 Å². The van der Waals surface area contributed by atoms with Gasteiger partial charge in [0.05, 0.1) is 0 Å². The number of hydrogen-bond acceptors (Lipinski definition) is 2. The van der Waals surface area contributed by atoms with Gasteiger partial charge in [0.15, 0.2) is 0 Å². The number of ether oxygens (including phenoxy) is 1. The van der Waals surface area contributed by atoms with E-state index in [1.807, 2.05) is 38.1 Å². The summed E-state index contributed by atoms with van der Waals surface area (Å²) in [6.45, 7) is 6.07. The van der Waals surface area contributed by atoms with Gasteiger partial charge in [-0.15, -0.1) is 0 Å². The number of carbonyl (C=O) groups excluding carboxylic acids is 1. The van der Waals surface area contributed by atoms with Gasteiger partial charge in [0.25, 0.3) is 0 Å². The quantitative estimate of drug-likeness (QED) is 0.216. The smallest absolute Gasteiger partial charge is 0.311 e. The molecule has 0 atom stereocenters. The second kappa shape index (κ2) is 17.8. The van der Waals surface area contributed by atoms with Gasteiger partial charge in [-0.05, 0) is 80.0 Å². The van der Waals surface area contributed by atoms with Gasteiger partial charge in [0.2, 0.25) is 0 Å². The van der Waals surface area contributed by atoms with Gasteiger partial charge < -0.3 is 4.74 Å². The SMILES string of the molecule is C(=C\C1CCCCC1)/CC1Cc2ccccc2C1.CC.CC/C=C\CCC(=O)Oc1ccccc1. The first kappa shape index (κ1) is 28.6. The van der Waals surface area contributed by atoms with E-state index in [9.17, 15) is 4.79 Å². The first-order valence-corrected chi connectivity index (χ1v) is 13.9. The zero-order valence-electron chi connectivity index (χ0n) is 22.3. The van der Waals surface area contributed by atoms with Crippen molar-refractivity contribution in [3.63, 3.8) is 0 Å². The predicted octanol–water partition coefficient (Wildman–Crippen LogP) is 9.29. The maximum absolute atomic E-state index is 11.3. The molecular formula is C33H46O2. The van der Waals surface area contributed by atoms with Crippen molar-refractivity contribution in [3.8, 4) is 5.75 Å². The summed E-state index contributed by atoms with van der Waals surface area (Å²) in [4.78, 5) is 11.3. The Morgan fingerprint density at radius 1 is 0.857 bits per heavy atom. The molecule has 2 nitrogen and oxygen atoms in total. The van der Waals surface area contributed by atoms with E-state index in [1.165, 1.54) is 51.4 Å². The molecule has 1 fully saturated rings. The van der Waals surface area contributed by atoms with Crippen LogP contribution in [0.3, 0.4) is 0 Å². The van der Waals surface area contributed by atoms with Crippen molar-refractivity contribution >= 4 is 5.97 Å². The van der Waals surface area contributed by atoms with Crippen LogP contribution in [0.5, 0.6) is 5.75 Å². The predicted molar refractivity (Wildman–Crippen MR) is 150 cm³/mol. The van der Waals surface area contributed by atoms with Crippen molar-refractivity contribution in [1.82, 2.24) is 0 Å².